The maximum absolute atomic E-state index is 10.5. The minimum Gasteiger partial charge on any atom is -0.768 e. The van der Waals surface area contributed by atoms with Crippen molar-refractivity contribution in [2.75, 3.05) is 0 Å². The largest absolute Gasteiger partial charge is 0.768 e. The van der Waals surface area contributed by atoms with Crippen molar-refractivity contribution in [3.05, 3.63) is 65.9 Å². The van der Waals surface area contributed by atoms with E-state index in [0.29, 0.717) is 10.8 Å². The lowest BCUT2D eigenvalue weighted by Crippen LogP contribution is -1.94. The number of allylic oxidation sites excluding steroid dienone is 4. The Balaban J connectivity index is 0. The Morgan fingerprint density at radius 2 is 1.75 bits per heavy atom. The van der Waals surface area contributed by atoms with E-state index >= 15 is 0 Å². The van der Waals surface area contributed by atoms with E-state index in [9.17, 15) is 8.76 Å². The first-order valence-corrected chi connectivity index (χ1v) is 9.23. The van der Waals surface area contributed by atoms with Gasteiger partial charge in [0.15, 0.2) is 0 Å². The molecule has 1 rings (SSSR count). The van der Waals surface area contributed by atoms with E-state index in [2.05, 4.69) is 34.3 Å². The second kappa shape index (κ2) is 14.9. The van der Waals surface area contributed by atoms with Gasteiger partial charge in [-0.2, -0.15) is 0 Å². The quantitative estimate of drug-likeness (QED) is 0.580. The average molecular weight is 351 g/mol. The normalized spacial score (nSPS) is 12.5. The van der Waals surface area contributed by atoms with Crippen LogP contribution in [0.25, 0.3) is 0 Å². The maximum Gasteiger partial charge on any atom is 0.0340 e. The number of hydrogen-bond acceptors (Lipinski definition) is 3. The highest BCUT2D eigenvalue weighted by molar-refractivity contribution is 7.79. The highest BCUT2D eigenvalue weighted by Crippen LogP contribution is 2.15. The van der Waals surface area contributed by atoms with Gasteiger partial charge < -0.3 is 10.3 Å². The lowest BCUT2D eigenvalue weighted by molar-refractivity contribution is 0.537. The zero-order valence-electron chi connectivity index (χ0n) is 15.8. The van der Waals surface area contributed by atoms with E-state index < -0.39 is 11.1 Å². The SMILES string of the molecule is C=C/C(C)=C(N)\C=C/C.CC(C)c1ccc(S(=O)[O-])cc1.CCC. The van der Waals surface area contributed by atoms with Crippen molar-refractivity contribution in [3.63, 3.8) is 0 Å². The summed E-state index contributed by atoms with van der Waals surface area (Å²) in [4.78, 5) is 0.347. The molecule has 0 aliphatic rings. The van der Waals surface area contributed by atoms with Gasteiger partial charge in [-0.15, -0.1) is 0 Å². The topological polar surface area (TPSA) is 66.2 Å². The van der Waals surface area contributed by atoms with Crippen LogP contribution < -0.4 is 5.73 Å². The molecule has 1 atom stereocenters. The summed E-state index contributed by atoms with van der Waals surface area (Å²) in [5.41, 5.74) is 8.52. The molecule has 136 valence electrons. The monoisotopic (exact) mass is 350 g/mol. The van der Waals surface area contributed by atoms with Crippen LogP contribution in [0.1, 0.15) is 59.4 Å². The van der Waals surface area contributed by atoms with E-state index in [1.165, 1.54) is 6.42 Å². The molecule has 0 aromatic heterocycles. The molecule has 0 fully saturated rings. The Kier molecular flexibility index (Phi) is 15.3. The van der Waals surface area contributed by atoms with Crippen molar-refractivity contribution >= 4 is 11.1 Å². The predicted molar refractivity (Wildman–Crippen MR) is 106 cm³/mol. The van der Waals surface area contributed by atoms with Gasteiger partial charge in [-0.05, 0) is 60.2 Å². The molecule has 1 aromatic rings. The van der Waals surface area contributed by atoms with Gasteiger partial charge in [-0.1, -0.05) is 65.0 Å². The highest BCUT2D eigenvalue weighted by atomic mass is 32.2. The summed E-state index contributed by atoms with van der Waals surface area (Å²) in [5.74, 6) is 0.444. The molecule has 0 radical (unpaired) electrons. The molecule has 0 saturated heterocycles. The van der Waals surface area contributed by atoms with E-state index in [-0.39, 0.29) is 0 Å². The second-order valence-electron chi connectivity index (χ2n) is 5.51. The van der Waals surface area contributed by atoms with Gasteiger partial charge in [0.2, 0.25) is 0 Å². The number of nitrogens with two attached hydrogens (primary N) is 1. The minimum absolute atomic E-state index is 0.347. The molecule has 1 unspecified atom stereocenters. The predicted octanol–water partition coefficient (Wildman–Crippen LogP) is 5.45. The van der Waals surface area contributed by atoms with Crippen LogP contribution in [0.4, 0.5) is 0 Å². The highest BCUT2D eigenvalue weighted by Gasteiger charge is 1.98. The van der Waals surface area contributed by atoms with E-state index in [0.717, 1.165) is 16.8 Å². The number of rotatable bonds is 4. The summed E-state index contributed by atoms with van der Waals surface area (Å²) in [6.07, 6.45) is 6.76. The number of benzene rings is 1. The molecule has 0 bridgehead atoms. The fraction of sp³-hybridized carbons (Fsp3) is 0.400. The third kappa shape index (κ3) is 11.9. The summed E-state index contributed by atoms with van der Waals surface area (Å²) in [5, 5.41) is 0. The molecule has 0 aliphatic heterocycles. The van der Waals surface area contributed by atoms with Gasteiger partial charge in [-0.25, -0.2) is 0 Å². The molecular weight excluding hydrogens is 318 g/mol. The molecule has 0 saturated carbocycles. The van der Waals surface area contributed by atoms with E-state index in [1.54, 1.807) is 18.2 Å². The van der Waals surface area contributed by atoms with Crippen LogP contribution >= 0.6 is 0 Å². The van der Waals surface area contributed by atoms with Gasteiger partial charge >= 0.3 is 0 Å². The van der Waals surface area contributed by atoms with Gasteiger partial charge in [0.25, 0.3) is 0 Å². The van der Waals surface area contributed by atoms with E-state index in [1.807, 2.05) is 38.1 Å². The molecular formula is C20H32NO2S-. The fourth-order valence-corrected chi connectivity index (χ4v) is 1.75. The summed E-state index contributed by atoms with van der Waals surface area (Å²) in [6, 6.07) is 6.93. The smallest absolute Gasteiger partial charge is 0.0340 e. The second-order valence-corrected chi connectivity index (χ2v) is 6.45. The zero-order chi connectivity index (χ0) is 19.1. The first-order chi connectivity index (χ1) is 11.2. The first-order valence-electron chi connectivity index (χ1n) is 8.15. The minimum atomic E-state index is -2.10. The van der Waals surface area contributed by atoms with Gasteiger partial charge in [-0.3, -0.25) is 4.21 Å². The molecule has 0 aliphatic carbocycles. The lowest BCUT2D eigenvalue weighted by Gasteiger charge is -2.08. The standard InChI is InChI=1S/C9H12O2S.C8H13N.C3H8/c1-7(2)8-3-5-9(6-4-8)12(10)11;1-4-6-8(9)7(3)5-2;1-3-2/h3-7H,1-2H3,(H,10,11);4-6H,2,9H2,1,3H3;3H2,1-2H3/p-1/b;6-4-,8-7+;. The van der Waals surface area contributed by atoms with Crippen LogP contribution in [-0.2, 0) is 11.1 Å². The van der Waals surface area contributed by atoms with Crippen molar-refractivity contribution in [3.8, 4) is 0 Å². The van der Waals surface area contributed by atoms with Crippen molar-refractivity contribution < 1.29 is 8.76 Å². The molecule has 2 N–H and O–H groups in total. The Bertz CT molecular complexity index is 543. The Morgan fingerprint density at radius 1 is 1.29 bits per heavy atom. The third-order valence-electron chi connectivity index (χ3n) is 2.85. The van der Waals surface area contributed by atoms with Crippen molar-refractivity contribution in [2.45, 2.75) is 58.8 Å². The molecule has 24 heavy (non-hydrogen) atoms. The fourth-order valence-electron chi connectivity index (χ4n) is 1.39. The summed E-state index contributed by atoms with van der Waals surface area (Å²) >= 11 is -2.10. The van der Waals surface area contributed by atoms with Crippen LogP contribution in [0.5, 0.6) is 0 Å². The Hall–Kier alpha value is -1.65. The van der Waals surface area contributed by atoms with Crippen molar-refractivity contribution in [1.29, 1.82) is 0 Å². The Labute approximate surface area is 150 Å². The van der Waals surface area contributed by atoms with Gasteiger partial charge in [0.05, 0.1) is 0 Å². The third-order valence-corrected chi connectivity index (χ3v) is 3.50. The van der Waals surface area contributed by atoms with Crippen LogP contribution in [0.3, 0.4) is 0 Å². The zero-order valence-corrected chi connectivity index (χ0v) is 16.7. The van der Waals surface area contributed by atoms with Gasteiger partial charge in [0, 0.05) is 10.6 Å². The molecule has 0 heterocycles. The summed E-state index contributed by atoms with van der Waals surface area (Å²) in [7, 11) is 0. The summed E-state index contributed by atoms with van der Waals surface area (Å²) < 4.78 is 21.0. The van der Waals surface area contributed by atoms with Crippen LogP contribution in [0, 0.1) is 0 Å². The molecule has 1 aromatic carbocycles. The van der Waals surface area contributed by atoms with E-state index in [4.69, 9.17) is 5.73 Å². The lowest BCUT2D eigenvalue weighted by atomic mass is 10.0. The van der Waals surface area contributed by atoms with Crippen LogP contribution in [-0.4, -0.2) is 8.76 Å². The molecule has 0 spiro atoms. The summed E-state index contributed by atoms with van der Waals surface area (Å²) in [6.45, 7) is 15.9. The molecule has 0 amide bonds. The number of hydrogen-bond donors (Lipinski definition) is 1. The van der Waals surface area contributed by atoms with Crippen LogP contribution in [0.2, 0.25) is 0 Å². The van der Waals surface area contributed by atoms with Crippen molar-refractivity contribution in [1.82, 2.24) is 0 Å². The molecule has 4 heteroatoms. The molecule has 3 nitrogen and oxygen atoms in total. The Morgan fingerprint density at radius 3 is 2.04 bits per heavy atom. The van der Waals surface area contributed by atoms with Crippen molar-refractivity contribution in [2.24, 2.45) is 5.73 Å². The van der Waals surface area contributed by atoms with Crippen LogP contribution in [0.15, 0.2) is 65.2 Å². The average Bonchev–Trinajstić information content (AvgIpc) is 2.55. The maximum atomic E-state index is 10.5. The van der Waals surface area contributed by atoms with Gasteiger partial charge in [0.1, 0.15) is 0 Å². The first kappa shape index (κ1) is 24.6.